The molecular weight excluding hydrogens is 466 g/mol. The Bertz CT molecular complexity index is 1390. The molecule has 12 heteroatoms. The number of anilines is 2. The maximum Gasteiger partial charge on any atom is 0.417 e. The number of alkyl halides is 3. The van der Waals surface area contributed by atoms with Gasteiger partial charge in [0.2, 0.25) is 5.95 Å². The number of aromatic nitrogens is 3. The predicted octanol–water partition coefficient (Wildman–Crippen LogP) is 5.48. The summed E-state index contributed by atoms with van der Waals surface area (Å²) in [7, 11) is 0. The van der Waals surface area contributed by atoms with Crippen LogP contribution in [0.15, 0.2) is 48.7 Å². The molecule has 2 aromatic carbocycles. The van der Waals surface area contributed by atoms with Crippen molar-refractivity contribution in [3.8, 4) is 11.5 Å². The van der Waals surface area contributed by atoms with Crippen molar-refractivity contribution >= 4 is 34.8 Å². The second-order valence-corrected chi connectivity index (χ2v) is 7.40. The molecule has 0 aliphatic carbocycles. The SMILES string of the molecule is Cc1cc(F)ccc1Oc1cc(C(F)(F)F)c(Cl)cc1C(=O)Nc1ccc2nnc(N)n2c1. The molecule has 0 aliphatic rings. The highest BCUT2D eigenvalue weighted by Crippen LogP contribution is 2.40. The highest BCUT2D eigenvalue weighted by Gasteiger charge is 2.35. The Kier molecular flexibility index (Phi) is 5.58. The van der Waals surface area contributed by atoms with E-state index in [-0.39, 0.29) is 22.9 Å². The molecule has 0 atom stereocenters. The molecule has 0 bridgehead atoms. The quantitative estimate of drug-likeness (QED) is 0.378. The van der Waals surface area contributed by atoms with E-state index in [1.54, 1.807) is 0 Å². The minimum Gasteiger partial charge on any atom is -0.456 e. The van der Waals surface area contributed by atoms with Crippen LogP contribution < -0.4 is 15.8 Å². The maximum atomic E-state index is 13.4. The number of fused-ring (bicyclic) bond motifs is 1. The van der Waals surface area contributed by atoms with Gasteiger partial charge in [-0.1, -0.05) is 11.6 Å². The van der Waals surface area contributed by atoms with Crippen LogP contribution in [0.4, 0.5) is 29.2 Å². The van der Waals surface area contributed by atoms with Gasteiger partial charge in [-0.15, -0.1) is 10.2 Å². The zero-order chi connectivity index (χ0) is 23.9. The molecular formula is C21H14ClF4N5O2. The molecule has 0 spiro atoms. The van der Waals surface area contributed by atoms with Gasteiger partial charge in [-0.25, -0.2) is 4.39 Å². The molecule has 4 rings (SSSR count). The number of rotatable bonds is 4. The number of nitrogens with zero attached hydrogens (tertiary/aromatic N) is 3. The van der Waals surface area contributed by atoms with Crippen molar-refractivity contribution in [1.82, 2.24) is 14.6 Å². The number of carbonyl (C=O) groups is 1. The summed E-state index contributed by atoms with van der Waals surface area (Å²) in [6, 6.07) is 8.02. The van der Waals surface area contributed by atoms with E-state index in [9.17, 15) is 22.4 Å². The number of hydrogen-bond donors (Lipinski definition) is 2. The normalized spacial score (nSPS) is 11.6. The van der Waals surface area contributed by atoms with Crippen LogP contribution in [0.3, 0.4) is 0 Å². The fourth-order valence-electron chi connectivity index (χ4n) is 3.06. The summed E-state index contributed by atoms with van der Waals surface area (Å²) in [4.78, 5) is 13.0. The van der Waals surface area contributed by atoms with Crippen molar-refractivity contribution in [3.63, 3.8) is 0 Å². The summed E-state index contributed by atoms with van der Waals surface area (Å²) in [6.45, 7) is 1.51. The van der Waals surface area contributed by atoms with Gasteiger partial charge in [-0.2, -0.15) is 13.2 Å². The number of amides is 1. The zero-order valence-electron chi connectivity index (χ0n) is 16.7. The van der Waals surface area contributed by atoms with Gasteiger partial charge in [-0.3, -0.25) is 9.20 Å². The van der Waals surface area contributed by atoms with Gasteiger partial charge >= 0.3 is 6.18 Å². The maximum absolute atomic E-state index is 13.4. The number of aryl methyl sites for hydroxylation is 1. The van der Waals surface area contributed by atoms with Crippen LogP contribution in [0, 0.1) is 12.7 Å². The number of benzene rings is 2. The van der Waals surface area contributed by atoms with E-state index in [1.807, 2.05) is 0 Å². The third kappa shape index (κ3) is 4.53. The second kappa shape index (κ2) is 8.24. The molecule has 0 saturated heterocycles. The summed E-state index contributed by atoms with van der Waals surface area (Å²) < 4.78 is 60.7. The first-order chi connectivity index (χ1) is 15.5. The summed E-state index contributed by atoms with van der Waals surface area (Å²) >= 11 is 5.83. The lowest BCUT2D eigenvalue weighted by Crippen LogP contribution is -2.15. The summed E-state index contributed by atoms with van der Waals surface area (Å²) in [6.07, 6.45) is -3.35. The number of carbonyl (C=O) groups excluding carboxylic acids is 1. The molecule has 0 saturated carbocycles. The number of ether oxygens (including phenoxy) is 1. The number of nitrogen functional groups attached to an aromatic ring is 1. The molecule has 170 valence electrons. The molecule has 2 heterocycles. The molecule has 1 amide bonds. The van der Waals surface area contributed by atoms with Crippen LogP contribution in [0.25, 0.3) is 5.65 Å². The van der Waals surface area contributed by atoms with Gasteiger partial charge < -0.3 is 15.8 Å². The van der Waals surface area contributed by atoms with Gasteiger partial charge in [0.05, 0.1) is 21.8 Å². The lowest BCUT2D eigenvalue weighted by Gasteiger charge is -2.17. The van der Waals surface area contributed by atoms with Gasteiger partial charge in [0, 0.05) is 6.20 Å². The van der Waals surface area contributed by atoms with Crippen molar-refractivity contribution < 1.29 is 27.1 Å². The van der Waals surface area contributed by atoms with Gasteiger partial charge in [0.15, 0.2) is 5.65 Å². The van der Waals surface area contributed by atoms with E-state index >= 15 is 0 Å². The molecule has 0 fully saturated rings. The van der Waals surface area contributed by atoms with Crippen LogP contribution in [0.1, 0.15) is 21.5 Å². The van der Waals surface area contributed by atoms with Crippen molar-refractivity contribution in [2.24, 2.45) is 0 Å². The second-order valence-electron chi connectivity index (χ2n) is 7.00. The standard InChI is InChI=1S/C21H14ClF4N5O2/c1-10-6-11(23)2-4-16(10)33-17-8-14(21(24,25)26)15(22)7-13(17)19(32)28-12-3-5-18-29-30-20(27)31(18)9-12/h2-9H,1H3,(H2,27,30)(H,28,32). The minimum atomic E-state index is -4.79. The van der Waals surface area contributed by atoms with Crippen molar-refractivity contribution in [2.75, 3.05) is 11.1 Å². The van der Waals surface area contributed by atoms with E-state index in [2.05, 4.69) is 15.5 Å². The third-order valence-electron chi connectivity index (χ3n) is 4.66. The Morgan fingerprint density at radius 3 is 2.58 bits per heavy atom. The molecule has 2 aromatic heterocycles. The molecule has 4 aromatic rings. The zero-order valence-corrected chi connectivity index (χ0v) is 17.5. The predicted molar refractivity (Wildman–Crippen MR) is 113 cm³/mol. The topological polar surface area (TPSA) is 94.5 Å². The highest BCUT2D eigenvalue weighted by molar-refractivity contribution is 6.32. The van der Waals surface area contributed by atoms with Crippen LogP contribution in [0.2, 0.25) is 5.02 Å². The lowest BCUT2D eigenvalue weighted by atomic mass is 10.1. The monoisotopic (exact) mass is 479 g/mol. The minimum absolute atomic E-state index is 0.0691. The molecule has 3 N–H and O–H groups in total. The average molecular weight is 480 g/mol. The summed E-state index contributed by atoms with van der Waals surface area (Å²) in [5, 5.41) is 9.39. The van der Waals surface area contributed by atoms with E-state index in [1.165, 1.54) is 35.7 Å². The van der Waals surface area contributed by atoms with Crippen molar-refractivity contribution in [3.05, 3.63) is 76.2 Å². The number of pyridine rings is 1. The number of halogens is 5. The smallest absolute Gasteiger partial charge is 0.417 e. The van der Waals surface area contributed by atoms with Gasteiger partial charge in [-0.05, 0) is 55.0 Å². The molecule has 0 unspecified atom stereocenters. The Balaban J connectivity index is 1.75. The van der Waals surface area contributed by atoms with Crippen LogP contribution in [-0.2, 0) is 6.18 Å². The fraction of sp³-hybridized carbons (Fsp3) is 0.0952. The number of nitrogens with one attached hydrogen (secondary N) is 1. The Morgan fingerprint density at radius 2 is 1.88 bits per heavy atom. The van der Waals surface area contributed by atoms with Gasteiger partial charge in [0.1, 0.15) is 17.3 Å². The highest BCUT2D eigenvalue weighted by atomic mass is 35.5. The molecule has 33 heavy (non-hydrogen) atoms. The Morgan fingerprint density at radius 1 is 1.12 bits per heavy atom. The summed E-state index contributed by atoms with van der Waals surface area (Å²) in [5.74, 6) is -1.61. The first-order valence-corrected chi connectivity index (χ1v) is 9.67. The van der Waals surface area contributed by atoms with Crippen molar-refractivity contribution in [1.29, 1.82) is 0 Å². The number of hydrogen-bond acceptors (Lipinski definition) is 5. The van der Waals surface area contributed by atoms with E-state index < -0.39 is 34.2 Å². The molecule has 0 radical (unpaired) electrons. The summed E-state index contributed by atoms with van der Waals surface area (Å²) in [5.41, 5.74) is 5.26. The molecule has 7 nitrogen and oxygen atoms in total. The molecule has 0 aliphatic heterocycles. The third-order valence-corrected chi connectivity index (χ3v) is 4.98. The van der Waals surface area contributed by atoms with E-state index in [4.69, 9.17) is 22.1 Å². The van der Waals surface area contributed by atoms with Crippen LogP contribution in [0.5, 0.6) is 11.5 Å². The van der Waals surface area contributed by atoms with E-state index in [0.29, 0.717) is 17.3 Å². The largest absolute Gasteiger partial charge is 0.456 e. The van der Waals surface area contributed by atoms with E-state index in [0.717, 1.165) is 18.2 Å². The van der Waals surface area contributed by atoms with Crippen LogP contribution in [-0.4, -0.2) is 20.5 Å². The first-order valence-electron chi connectivity index (χ1n) is 9.29. The van der Waals surface area contributed by atoms with Crippen LogP contribution >= 0.6 is 11.6 Å². The lowest BCUT2D eigenvalue weighted by molar-refractivity contribution is -0.137. The first kappa shape index (κ1) is 22.3. The average Bonchev–Trinajstić information content (AvgIpc) is 3.10. The van der Waals surface area contributed by atoms with Crippen molar-refractivity contribution in [2.45, 2.75) is 13.1 Å². The fourth-order valence-corrected chi connectivity index (χ4v) is 3.33. The Hall–Kier alpha value is -3.86. The van der Waals surface area contributed by atoms with Gasteiger partial charge in [0.25, 0.3) is 5.91 Å². The Labute approximate surface area is 188 Å². The number of nitrogens with two attached hydrogens (primary N) is 1.